The summed E-state index contributed by atoms with van der Waals surface area (Å²) >= 11 is 3.34. The lowest BCUT2D eigenvalue weighted by Gasteiger charge is -2.38. The molecule has 0 atom stereocenters. The Morgan fingerprint density at radius 1 is 0.970 bits per heavy atom. The van der Waals surface area contributed by atoms with Crippen molar-refractivity contribution in [2.75, 3.05) is 31.2 Å². The van der Waals surface area contributed by atoms with Crippen molar-refractivity contribution in [3.05, 3.63) is 53.0 Å². The van der Waals surface area contributed by atoms with Crippen molar-refractivity contribution in [3.63, 3.8) is 0 Å². The van der Waals surface area contributed by atoms with E-state index in [1.54, 1.807) is 12.1 Å². The molecular formula is C22H20BrN5O4S. The van der Waals surface area contributed by atoms with Crippen LogP contribution in [0.3, 0.4) is 0 Å². The molecule has 170 valence electrons. The molecule has 0 radical (unpaired) electrons. The van der Waals surface area contributed by atoms with Gasteiger partial charge in [-0.25, -0.2) is 13.4 Å². The number of ether oxygens (including phenoxy) is 2. The summed E-state index contributed by atoms with van der Waals surface area (Å²) in [5.41, 5.74) is 0.955. The molecule has 11 heteroatoms. The van der Waals surface area contributed by atoms with Crippen LogP contribution in [-0.4, -0.2) is 60.3 Å². The van der Waals surface area contributed by atoms with E-state index in [9.17, 15) is 8.42 Å². The van der Waals surface area contributed by atoms with Crippen LogP contribution in [0.25, 0.3) is 16.6 Å². The maximum atomic E-state index is 13.4. The van der Waals surface area contributed by atoms with Gasteiger partial charge in [-0.1, -0.05) is 33.3 Å². The zero-order chi connectivity index (χ0) is 22.6. The van der Waals surface area contributed by atoms with E-state index in [4.69, 9.17) is 14.5 Å². The van der Waals surface area contributed by atoms with Crippen LogP contribution in [0.2, 0.25) is 0 Å². The molecule has 0 bridgehead atoms. The molecule has 2 aromatic heterocycles. The monoisotopic (exact) mass is 529 g/mol. The molecule has 2 aliphatic heterocycles. The summed E-state index contributed by atoms with van der Waals surface area (Å²) < 4.78 is 40.8. The SMILES string of the molecule is O=S(=O)(c1ccc(Br)cc1)c1nnn2c1nc(N1CCC3(CC1)OCCO3)c1ccccc12. The lowest BCUT2D eigenvalue weighted by Crippen LogP contribution is -2.45. The molecule has 2 saturated heterocycles. The average Bonchev–Trinajstić information content (AvgIpc) is 3.47. The molecule has 2 aromatic carbocycles. The van der Waals surface area contributed by atoms with Gasteiger partial charge in [-0.3, -0.25) is 0 Å². The average molecular weight is 530 g/mol. The van der Waals surface area contributed by atoms with Crippen molar-refractivity contribution in [1.82, 2.24) is 19.8 Å². The quantitative estimate of drug-likeness (QED) is 0.398. The Balaban J connectivity index is 1.48. The van der Waals surface area contributed by atoms with E-state index in [0.717, 1.165) is 28.2 Å². The Hall–Kier alpha value is -2.60. The first-order valence-electron chi connectivity index (χ1n) is 10.6. The predicted octanol–water partition coefficient (Wildman–Crippen LogP) is 3.22. The molecule has 0 unspecified atom stereocenters. The minimum Gasteiger partial charge on any atom is -0.356 e. The largest absolute Gasteiger partial charge is 0.356 e. The number of piperidine rings is 1. The van der Waals surface area contributed by atoms with Gasteiger partial charge >= 0.3 is 0 Å². The fraction of sp³-hybridized carbons (Fsp3) is 0.318. The normalized spacial score (nSPS) is 18.5. The Labute approximate surface area is 198 Å². The van der Waals surface area contributed by atoms with Crippen molar-refractivity contribution >= 4 is 48.1 Å². The Bertz CT molecular complexity index is 1460. The van der Waals surface area contributed by atoms with Crippen molar-refractivity contribution in [2.24, 2.45) is 0 Å². The molecule has 0 N–H and O–H groups in total. The number of hydrogen-bond acceptors (Lipinski definition) is 8. The van der Waals surface area contributed by atoms with Gasteiger partial charge in [-0.15, -0.1) is 5.10 Å². The number of benzene rings is 2. The number of halogens is 1. The second kappa shape index (κ2) is 7.73. The molecule has 2 aliphatic rings. The first-order valence-corrected chi connectivity index (χ1v) is 12.9. The van der Waals surface area contributed by atoms with Crippen LogP contribution in [-0.2, 0) is 19.3 Å². The highest BCUT2D eigenvalue weighted by atomic mass is 79.9. The van der Waals surface area contributed by atoms with E-state index in [2.05, 4.69) is 31.1 Å². The summed E-state index contributed by atoms with van der Waals surface area (Å²) in [7, 11) is -3.91. The summed E-state index contributed by atoms with van der Waals surface area (Å²) in [6.45, 7) is 2.60. The summed E-state index contributed by atoms with van der Waals surface area (Å²) in [4.78, 5) is 7.10. The van der Waals surface area contributed by atoms with E-state index < -0.39 is 15.6 Å². The van der Waals surface area contributed by atoms with Crippen LogP contribution in [0.4, 0.5) is 5.82 Å². The predicted molar refractivity (Wildman–Crippen MR) is 124 cm³/mol. The van der Waals surface area contributed by atoms with Crippen molar-refractivity contribution in [2.45, 2.75) is 28.6 Å². The minimum atomic E-state index is -3.91. The molecule has 6 rings (SSSR count). The van der Waals surface area contributed by atoms with Crippen molar-refractivity contribution < 1.29 is 17.9 Å². The third-order valence-electron chi connectivity index (χ3n) is 6.22. The smallest absolute Gasteiger partial charge is 0.229 e. The summed E-state index contributed by atoms with van der Waals surface area (Å²) in [5, 5.41) is 8.93. The van der Waals surface area contributed by atoms with Gasteiger partial charge in [0.1, 0.15) is 5.82 Å². The maximum absolute atomic E-state index is 13.4. The fourth-order valence-electron chi connectivity index (χ4n) is 4.51. The van der Waals surface area contributed by atoms with Crippen LogP contribution < -0.4 is 4.90 Å². The standard InChI is InChI=1S/C22H20BrN5O4S/c23-15-5-7-16(8-6-15)33(29,30)21-20-24-19(17-3-1-2-4-18(17)28(20)26-25-21)27-11-9-22(10-12-27)31-13-14-32-22/h1-8H,9-14H2. The zero-order valence-electron chi connectivity index (χ0n) is 17.5. The molecule has 4 heterocycles. The third kappa shape index (κ3) is 3.41. The Morgan fingerprint density at radius 2 is 1.67 bits per heavy atom. The highest BCUT2D eigenvalue weighted by molar-refractivity contribution is 9.10. The zero-order valence-corrected chi connectivity index (χ0v) is 19.9. The minimum absolute atomic E-state index is 0.139. The van der Waals surface area contributed by atoms with Gasteiger partial charge in [-0.05, 0) is 36.4 Å². The second-order valence-electron chi connectivity index (χ2n) is 8.13. The number of sulfone groups is 1. The molecule has 0 aliphatic carbocycles. The summed E-state index contributed by atoms with van der Waals surface area (Å²) in [6, 6.07) is 14.1. The molecule has 9 nitrogen and oxygen atoms in total. The number of anilines is 1. The van der Waals surface area contributed by atoms with Crippen LogP contribution >= 0.6 is 15.9 Å². The number of nitrogens with zero attached hydrogens (tertiary/aromatic N) is 5. The Morgan fingerprint density at radius 3 is 2.39 bits per heavy atom. The first-order chi connectivity index (χ1) is 16.0. The van der Waals surface area contributed by atoms with Crippen LogP contribution in [0.15, 0.2) is 62.9 Å². The van der Waals surface area contributed by atoms with E-state index >= 15 is 0 Å². The molecule has 0 amide bonds. The van der Waals surface area contributed by atoms with Gasteiger partial charge in [0.05, 0.1) is 23.6 Å². The maximum Gasteiger partial charge on any atom is 0.229 e. The van der Waals surface area contributed by atoms with Gasteiger partial charge in [0, 0.05) is 35.8 Å². The third-order valence-corrected chi connectivity index (χ3v) is 8.41. The molecule has 2 fully saturated rings. The van der Waals surface area contributed by atoms with Crippen molar-refractivity contribution in [3.8, 4) is 0 Å². The fourth-order valence-corrected chi connectivity index (χ4v) is 6.01. The molecule has 33 heavy (non-hydrogen) atoms. The second-order valence-corrected chi connectivity index (χ2v) is 10.9. The number of fused-ring (bicyclic) bond motifs is 3. The number of aromatic nitrogens is 4. The molecule has 1 spiro atoms. The Kier molecular flexibility index (Phi) is 4.91. The molecule has 0 saturated carbocycles. The lowest BCUT2D eigenvalue weighted by atomic mass is 10.0. The van der Waals surface area contributed by atoms with Gasteiger partial charge in [-0.2, -0.15) is 4.52 Å². The van der Waals surface area contributed by atoms with Gasteiger partial charge < -0.3 is 14.4 Å². The molecular weight excluding hydrogens is 510 g/mol. The van der Waals surface area contributed by atoms with Gasteiger partial charge in [0.2, 0.25) is 14.9 Å². The highest BCUT2D eigenvalue weighted by Crippen LogP contribution is 2.36. The summed E-state index contributed by atoms with van der Waals surface area (Å²) in [6.07, 6.45) is 1.44. The lowest BCUT2D eigenvalue weighted by molar-refractivity contribution is -0.169. The van der Waals surface area contributed by atoms with E-state index in [0.29, 0.717) is 32.1 Å². The highest BCUT2D eigenvalue weighted by Gasteiger charge is 2.40. The topological polar surface area (TPSA) is 98.9 Å². The summed E-state index contributed by atoms with van der Waals surface area (Å²) in [5.74, 6) is 0.200. The number of hydrogen-bond donors (Lipinski definition) is 0. The van der Waals surface area contributed by atoms with Gasteiger partial charge in [0.25, 0.3) is 0 Å². The first kappa shape index (κ1) is 21.0. The number of para-hydroxylation sites is 1. The number of rotatable bonds is 3. The van der Waals surface area contributed by atoms with Crippen LogP contribution in [0.5, 0.6) is 0 Å². The van der Waals surface area contributed by atoms with E-state index in [1.807, 2.05) is 24.3 Å². The van der Waals surface area contributed by atoms with Crippen molar-refractivity contribution in [1.29, 1.82) is 0 Å². The van der Waals surface area contributed by atoms with Gasteiger partial charge in [0.15, 0.2) is 11.4 Å². The van der Waals surface area contributed by atoms with Crippen LogP contribution in [0, 0.1) is 0 Å². The van der Waals surface area contributed by atoms with E-state index in [1.165, 1.54) is 16.6 Å². The van der Waals surface area contributed by atoms with Crippen LogP contribution in [0.1, 0.15) is 12.8 Å². The molecule has 4 aromatic rings. The van der Waals surface area contributed by atoms with E-state index in [-0.39, 0.29) is 15.6 Å².